The zero-order valence-electron chi connectivity index (χ0n) is 13.6. The second-order valence-electron chi connectivity index (χ2n) is 5.80. The summed E-state index contributed by atoms with van der Waals surface area (Å²) in [5, 5.41) is 9.99. The van der Waals surface area contributed by atoms with Crippen LogP contribution in [0.4, 0.5) is 0 Å². The second-order valence-corrected chi connectivity index (χ2v) is 5.80. The summed E-state index contributed by atoms with van der Waals surface area (Å²) in [6, 6.07) is 13.2. The molecule has 0 bridgehead atoms. The highest BCUT2D eigenvalue weighted by molar-refractivity contribution is 5.86. The van der Waals surface area contributed by atoms with Crippen LogP contribution in [0.1, 0.15) is 27.8 Å². The molecule has 4 nitrogen and oxygen atoms in total. The van der Waals surface area contributed by atoms with Crippen molar-refractivity contribution in [1.82, 2.24) is 0 Å². The molecule has 0 spiro atoms. The quantitative estimate of drug-likeness (QED) is 0.676. The molecule has 24 heavy (non-hydrogen) atoms. The van der Waals surface area contributed by atoms with Crippen molar-refractivity contribution in [1.29, 1.82) is 5.26 Å². The lowest BCUT2D eigenvalue weighted by Gasteiger charge is -2.06. The topological polar surface area (TPSA) is 63.2 Å². The maximum absolute atomic E-state index is 12.1. The molecule has 0 unspecified atom stereocenters. The van der Waals surface area contributed by atoms with Gasteiger partial charge in [0.2, 0.25) is 0 Å². The molecule has 3 rings (SSSR count). The Morgan fingerprint density at radius 3 is 2.71 bits per heavy atom. The van der Waals surface area contributed by atoms with Crippen LogP contribution in [0, 0.1) is 25.2 Å². The van der Waals surface area contributed by atoms with Gasteiger partial charge in [-0.15, -0.1) is 0 Å². The van der Waals surface area contributed by atoms with Gasteiger partial charge in [0.25, 0.3) is 0 Å². The molecule has 0 fully saturated rings. The number of fused-ring (bicyclic) bond motifs is 1. The molecular formula is C20H17NO3. The van der Waals surface area contributed by atoms with Crippen LogP contribution in [0.25, 0.3) is 11.0 Å². The van der Waals surface area contributed by atoms with Crippen molar-refractivity contribution in [3.8, 4) is 6.07 Å². The van der Waals surface area contributed by atoms with Crippen molar-refractivity contribution in [2.45, 2.75) is 26.9 Å². The highest BCUT2D eigenvalue weighted by Crippen LogP contribution is 2.25. The molecule has 1 aromatic heterocycles. The Bertz CT molecular complexity index is 947. The number of nitriles is 1. The van der Waals surface area contributed by atoms with Crippen LogP contribution < -0.4 is 0 Å². The first-order chi connectivity index (χ1) is 11.6. The zero-order chi connectivity index (χ0) is 17.1. The fraction of sp³-hybridized carbons (Fsp3) is 0.200. The Balaban J connectivity index is 1.72. The van der Waals surface area contributed by atoms with Gasteiger partial charge in [-0.05, 0) is 43.2 Å². The van der Waals surface area contributed by atoms with Gasteiger partial charge in [0, 0.05) is 16.5 Å². The number of esters is 1. The average molecular weight is 319 g/mol. The highest BCUT2D eigenvalue weighted by Gasteiger charge is 2.13. The van der Waals surface area contributed by atoms with Crippen LogP contribution in [0.2, 0.25) is 0 Å². The van der Waals surface area contributed by atoms with Crippen molar-refractivity contribution < 1.29 is 13.9 Å². The van der Waals surface area contributed by atoms with Crippen molar-refractivity contribution in [2.75, 3.05) is 0 Å². The zero-order valence-corrected chi connectivity index (χ0v) is 13.6. The van der Waals surface area contributed by atoms with Crippen LogP contribution in [0.15, 0.2) is 47.1 Å². The predicted molar refractivity (Wildman–Crippen MR) is 90.3 cm³/mol. The first-order valence-corrected chi connectivity index (χ1v) is 7.69. The SMILES string of the molecule is Cc1cc2occ(CC(=O)OCc3ccccc3C#N)c2cc1C. The first kappa shape index (κ1) is 15.8. The number of ether oxygens (including phenoxy) is 1. The number of aryl methyl sites for hydroxylation is 2. The molecule has 0 saturated heterocycles. The molecule has 120 valence electrons. The molecule has 0 radical (unpaired) electrons. The van der Waals surface area contributed by atoms with Crippen LogP contribution in [-0.4, -0.2) is 5.97 Å². The third kappa shape index (κ3) is 3.16. The second kappa shape index (κ2) is 6.59. The molecule has 0 N–H and O–H groups in total. The summed E-state index contributed by atoms with van der Waals surface area (Å²) in [6.07, 6.45) is 1.75. The fourth-order valence-corrected chi connectivity index (χ4v) is 2.59. The smallest absolute Gasteiger partial charge is 0.310 e. The number of furan rings is 1. The Morgan fingerprint density at radius 2 is 1.92 bits per heavy atom. The number of hydrogen-bond acceptors (Lipinski definition) is 4. The summed E-state index contributed by atoms with van der Waals surface area (Å²) >= 11 is 0. The standard InChI is InChI=1S/C20H17NO3/c1-13-7-18-17(12-23-19(18)8-14(13)2)9-20(22)24-11-16-6-4-3-5-15(16)10-21/h3-8,12H,9,11H2,1-2H3. The number of benzene rings is 2. The monoisotopic (exact) mass is 319 g/mol. The Morgan fingerprint density at radius 1 is 1.17 bits per heavy atom. The van der Waals surface area contributed by atoms with E-state index in [1.807, 2.05) is 32.0 Å². The lowest BCUT2D eigenvalue weighted by Crippen LogP contribution is -2.08. The molecule has 0 aliphatic heterocycles. The lowest BCUT2D eigenvalue weighted by atomic mass is 10.0. The van der Waals surface area contributed by atoms with E-state index >= 15 is 0 Å². The summed E-state index contributed by atoms with van der Waals surface area (Å²) in [7, 11) is 0. The van der Waals surface area contributed by atoms with E-state index in [1.54, 1.807) is 24.5 Å². The van der Waals surface area contributed by atoms with Gasteiger partial charge < -0.3 is 9.15 Å². The van der Waals surface area contributed by atoms with Gasteiger partial charge in [0.1, 0.15) is 12.2 Å². The van der Waals surface area contributed by atoms with E-state index in [0.717, 1.165) is 27.7 Å². The molecule has 0 aliphatic rings. The van der Waals surface area contributed by atoms with Crippen LogP contribution in [-0.2, 0) is 22.6 Å². The van der Waals surface area contributed by atoms with Crippen molar-refractivity contribution in [3.63, 3.8) is 0 Å². The maximum Gasteiger partial charge on any atom is 0.310 e. The first-order valence-electron chi connectivity index (χ1n) is 7.69. The summed E-state index contributed by atoms with van der Waals surface area (Å²) in [5.74, 6) is -0.344. The van der Waals surface area contributed by atoms with E-state index in [9.17, 15) is 4.79 Å². The predicted octanol–water partition coefficient (Wildman–Crippen LogP) is 4.21. The van der Waals surface area contributed by atoms with E-state index in [4.69, 9.17) is 14.4 Å². The molecule has 0 atom stereocenters. The molecule has 2 aromatic carbocycles. The Kier molecular flexibility index (Phi) is 4.35. The minimum Gasteiger partial charge on any atom is -0.464 e. The number of carbonyl (C=O) groups is 1. The summed E-state index contributed by atoms with van der Waals surface area (Å²) < 4.78 is 10.8. The fourth-order valence-electron chi connectivity index (χ4n) is 2.59. The minimum absolute atomic E-state index is 0.0937. The summed E-state index contributed by atoms with van der Waals surface area (Å²) in [5.41, 5.74) is 5.12. The Hall–Kier alpha value is -3.06. The highest BCUT2D eigenvalue weighted by atomic mass is 16.5. The minimum atomic E-state index is -0.344. The number of nitrogens with zero attached hydrogens (tertiary/aromatic N) is 1. The molecule has 0 saturated carbocycles. The third-order valence-electron chi connectivity index (χ3n) is 4.13. The number of hydrogen-bond donors (Lipinski definition) is 0. The summed E-state index contributed by atoms with van der Waals surface area (Å²) in [6.45, 7) is 4.15. The molecule has 0 aliphatic carbocycles. The van der Waals surface area contributed by atoms with Crippen molar-refractivity contribution in [3.05, 3.63) is 70.5 Å². The van der Waals surface area contributed by atoms with Gasteiger partial charge >= 0.3 is 5.97 Å². The van der Waals surface area contributed by atoms with Gasteiger partial charge in [0.15, 0.2) is 0 Å². The van der Waals surface area contributed by atoms with Crippen molar-refractivity contribution >= 4 is 16.9 Å². The van der Waals surface area contributed by atoms with E-state index in [1.165, 1.54) is 0 Å². The molecule has 1 heterocycles. The molecule has 4 heteroatoms. The van der Waals surface area contributed by atoms with Gasteiger partial charge in [-0.25, -0.2) is 0 Å². The van der Waals surface area contributed by atoms with Gasteiger partial charge in [0.05, 0.1) is 24.3 Å². The van der Waals surface area contributed by atoms with Crippen LogP contribution in [0.5, 0.6) is 0 Å². The van der Waals surface area contributed by atoms with E-state index in [-0.39, 0.29) is 19.0 Å². The number of rotatable bonds is 4. The molecule has 0 amide bonds. The van der Waals surface area contributed by atoms with Gasteiger partial charge in [-0.2, -0.15) is 5.26 Å². The normalized spacial score (nSPS) is 10.5. The summed E-state index contributed by atoms with van der Waals surface area (Å²) in [4.78, 5) is 12.1. The maximum atomic E-state index is 12.1. The largest absolute Gasteiger partial charge is 0.464 e. The van der Waals surface area contributed by atoms with Gasteiger partial charge in [-0.3, -0.25) is 4.79 Å². The van der Waals surface area contributed by atoms with Crippen LogP contribution in [0.3, 0.4) is 0 Å². The van der Waals surface area contributed by atoms with E-state index in [0.29, 0.717) is 11.1 Å². The lowest BCUT2D eigenvalue weighted by molar-refractivity contribution is -0.144. The molecule has 3 aromatic rings. The number of carbonyl (C=O) groups excluding carboxylic acids is 1. The van der Waals surface area contributed by atoms with Crippen LogP contribution >= 0.6 is 0 Å². The van der Waals surface area contributed by atoms with E-state index < -0.39 is 0 Å². The molecular weight excluding hydrogens is 302 g/mol. The van der Waals surface area contributed by atoms with Gasteiger partial charge in [-0.1, -0.05) is 18.2 Å². The third-order valence-corrected chi connectivity index (χ3v) is 4.13. The van der Waals surface area contributed by atoms with Crippen molar-refractivity contribution in [2.24, 2.45) is 0 Å². The van der Waals surface area contributed by atoms with E-state index in [2.05, 4.69) is 6.07 Å². The average Bonchev–Trinajstić information content (AvgIpc) is 2.95. The Labute approximate surface area is 140 Å².